The second-order valence-corrected chi connectivity index (χ2v) is 6.14. The molecule has 1 atom stereocenters. The number of pyridine rings is 1. The van der Waals surface area contributed by atoms with E-state index in [-0.39, 0.29) is 6.04 Å². The lowest BCUT2D eigenvalue weighted by Crippen LogP contribution is -2.27. The largest absolute Gasteiger partial charge is 0.396 e. The lowest BCUT2D eigenvalue weighted by molar-refractivity contribution is 0.799. The number of nitrogens with zero attached hydrogens (tertiary/aromatic N) is 4. The Morgan fingerprint density at radius 1 is 1.33 bits per heavy atom. The first kappa shape index (κ1) is 14.6. The normalized spacial score (nSPS) is 17.5. The third-order valence-electron chi connectivity index (χ3n) is 4.44. The standard InChI is InChI=1S/C16H20N8/c1-9-6-12(17)13(18)23-14(9)22-10-3-5-24(7-10)16-11-2-4-19-15(11)20-8-21-16/h2,4,6,8,10H,3,5,7,17H2,1H3,(H3,18,22,23)(H,19,20,21). The molecule has 0 aliphatic carbocycles. The van der Waals surface area contributed by atoms with Crippen LogP contribution in [0.1, 0.15) is 12.0 Å². The maximum atomic E-state index is 5.83. The fourth-order valence-electron chi connectivity index (χ4n) is 3.17. The van der Waals surface area contributed by atoms with E-state index in [4.69, 9.17) is 11.5 Å². The maximum Gasteiger partial charge on any atom is 0.149 e. The van der Waals surface area contributed by atoms with Gasteiger partial charge in [-0.3, -0.25) is 0 Å². The van der Waals surface area contributed by atoms with Crippen LogP contribution in [0, 0.1) is 6.92 Å². The summed E-state index contributed by atoms with van der Waals surface area (Å²) >= 11 is 0. The molecule has 124 valence electrons. The van der Waals surface area contributed by atoms with Crippen LogP contribution in [0.3, 0.4) is 0 Å². The van der Waals surface area contributed by atoms with Crippen LogP contribution >= 0.6 is 0 Å². The van der Waals surface area contributed by atoms with E-state index in [0.29, 0.717) is 11.5 Å². The number of anilines is 4. The van der Waals surface area contributed by atoms with Crippen molar-refractivity contribution in [3.8, 4) is 0 Å². The number of H-pyrrole nitrogens is 1. The van der Waals surface area contributed by atoms with Gasteiger partial charge in [-0.15, -0.1) is 0 Å². The van der Waals surface area contributed by atoms with Gasteiger partial charge in [0.05, 0.1) is 11.1 Å². The Bertz CT molecular complexity index is 887. The first-order valence-electron chi connectivity index (χ1n) is 7.94. The summed E-state index contributed by atoms with van der Waals surface area (Å²) in [7, 11) is 0. The first-order valence-corrected chi connectivity index (χ1v) is 7.94. The Labute approximate surface area is 139 Å². The second kappa shape index (κ2) is 5.55. The number of hydrogen-bond donors (Lipinski definition) is 4. The van der Waals surface area contributed by atoms with Crippen LogP contribution in [0.15, 0.2) is 24.7 Å². The number of aromatic nitrogens is 4. The van der Waals surface area contributed by atoms with Gasteiger partial charge < -0.3 is 26.7 Å². The topological polar surface area (TPSA) is 122 Å². The predicted octanol–water partition coefficient (Wildman–Crippen LogP) is 1.52. The van der Waals surface area contributed by atoms with Gasteiger partial charge in [0.1, 0.15) is 29.4 Å². The molecule has 4 rings (SSSR count). The van der Waals surface area contributed by atoms with E-state index in [2.05, 4.69) is 30.2 Å². The van der Waals surface area contributed by atoms with Crippen LogP contribution in [0.2, 0.25) is 0 Å². The van der Waals surface area contributed by atoms with E-state index in [0.717, 1.165) is 47.7 Å². The van der Waals surface area contributed by atoms with Crippen LogP contribution in [0.25, 0.3) is 11.0 Å². The molecule has 0 saturated carbocycles. The monoisotopic (exact) mass is 324 g/mol. The number of fused-ring (bicyclic) bond motifs is 1. The average molecular weight is 324 g/mol. The lowest BCUT2D eigenvalue weighted by atomic mass is 10.2. The highest BCUT2D eigenvalue weighted by atomic mass is 15.2. The van der Waals surface area contributed by atoms with Crippen molar-refractivity contribution in [2.45, 2.75) is 19.4 Å². The van der Waals surface area contributed by atoms with Crippen LogP contribution in [0.4, 0.5) is 23.1 Å². The molecular weight excluding hydrogens is 304 g/mol. The predicted molar refractivity (Wildman–Crippen MR) is 95.9 cm³/mol. The van der Waals surface area contributed by atoms with Crippen molar-refractivity contribution in [2.75, 3.05) is 34.8 Å². The number of nitrogens with two attached hydrogens (primary N) is 2. The Morgan fingerprint density at radius 3 is 3.08 bits per heavy atom. The fourth-order valence-corrected chi connectivity index (χ4v) is 3.17. The van der Waals surface area contributed by atoms with Gasteiger partial charge in [-0.2, -0.15) is 0 Å². The minimum Gasteiger partial charge on any atom is -0.396 e. The Morgan fingerprint density at radius 2 is 2.21 bits per heavy atom. The molecule has 1 fully saturated rings. The van der Waals surface area contributed by atoms with Gasteiger partial charge in [-0.1, -0.05) is 0 Å². The van der Waals surface area contributed by atoms with Gasteiger partial charge >= 0.3 is 0 Å². The van der Waals surface area contributed by atoms with Crippen molar-refractivity contribution >= 4 is 34.2 Å². The van der Waals surface area contributed by atoms with Gasteiger partial charge in [0.2, 0.25) is 0 Å². The van der Waals surface area contributed by atoms with Gasteiger partial charge in [0.15, 0.2) is 0 Å². The fraction of sp³-hybridized carbons (Fsp3) is 0.312. The molecule has 0 spiro atoms. The summed E-state index contributed by atoms with van der Waals surface area (Å²) in [6, 6.07) is 4.14. The Kier molecular flexibility index (Phi) is 3.37. The van der Waals surface area contributed by atoms with Gasteiger partial charge in [-0.05, 0) is 31.0 Å². The molecule has 1 aliphatic heterocycles. The van der Waals surface area contributed by atoms with E-state index in [9.17, 15) is 0 Å². The molecule has 24 heavy (non-hydrogen) atoms. The molecule has 0 bridgehead atoms. The molecule has 4 heterocycles. The summed E-state index contributed by atoms with van der Waals surface area (Å²) in [5.41, 5.74) is 14.0. The van der Waals surface area contributed by atoms with E-state index in [1.807, 2.05) is 25.3 Å². The molecule has 3 aromatic heterocycles. The van der Waals surface area contributed by atoms with Crippen molar-refractivity contribution < 1.29 is 0 Å². The smallest absolute Gasteiger partial charge is 0.149 e. The van der Waals surface area contributed by atoms with E-state index in [1.165, 1.54) is 0 Å². The quantitative estimate of drug-likeness (QED) is 0.576. The summed E-state index contributed by atoms with van der Waals surface area (Å²) in [6.45, 7) is 3.76. The highest BCUT2D eigenvalue weighted by molar-refractivity contribution is 5.87. The number of nitrogens with one attached hydrogen (secondary N) is 2. The zero-order valence-electron chi connectivity index (χ0n) is 13.5. The average Bonchev–Trinajstić information content (AvgIpc) is 3.21. The van der Waals surface area contributed by atoms with E-state index in [1.54, 1.807) is 6.33 Å². The molecule has 1 aliphatic rings. The molecule has 0 amide bonds. The van der Waals surface area contributed by atoms with Gasteiger partial charge in [0, 0.05) is 25.3 Å². The zero-order valence-corrected chi connectivity index (χ0v) is 13.5. The summed E-state index contributed by atoms with van der Waals surface area (Å²) in [5, 5.41) is 4.52. The summed E-state index contributed by atoms with van der Waals surface area (Å²) in [6.07, 6.45) is 4.49. The van der Waals surface area contributed by atoms with Crippen LogP contribution in [-0.2, 0) is 0 Å². The molecule has 8 heteroatoms. The lowest BCUT2D eigenvalue weighted by Gasteiger charge is -2.19. The first-order chi connectivity index (χ1) is 11.6. The van der Waals surface area contributed by atoms with E-state index < -0.39 is 0 Å². The highest BCUT2D eigenvalue weighted by Crippen LogP contribution is 2.27. The van der Waals surface area contributed by atoms with Crippen molar-refractivity contribution in [2.24, 2.45) is 0 Å². The Hall–Kier alpha value is -3.03. The van der Waals surface area contributed by atoms with Crippen molar-refractivity contribution in [3.05, 3.63) is 30.2 Å². The van der Waals surface area contributed by atoms with Crippen molar-refractivity contribution in [1.29, 1.82) is 0 Å². The minimum absolute atomic E-state index is 0.281. The third kappa shape index (κ3) is 2.45. The van der Waals surface area contributed by atoms with Gasteiger partial charge in [0.25, 0.3) is 0 Å². The summed E-state index contributed by atoms with van der Waals surface area (Å²) < 4.78 is 0. The maximum absolute atomic E-state index is 5.83. The Balaban J connectivity index is 1.53. The van der Waals surface area contributed by atoms with Crippen LogP contribution in [-0.4, -0.2) is 39.1 Å². The summed E-state index contributed by atoms with van der Waals surface area (Å²) in [4.78, 5) is 18.5. The zero-order chi connectivity index (χ0) is 16.7. The minimum atomic E-state index is 0.281. The van der Waals surface area contributed by atoms with Crippen LogP contribution < -0.4 is 21.7 Å². The molecule has 0 radical (unpaired) electrons. The van der Waals surface area contributed by atoms with Gasteiger partial charge in [-0.25, -0.2) is 15.0 Å². The molecule has 0 aromatic carbocycles. The van der Waals surface area contributed by atoms with E-state index >= 15 is 0 Å². The summed E-state index contributed by atoms with van der Waals surface area (Å²) in [5.74, 6) is 2.12. The molecule has 1 unspecified atom stereocenters. The molecule has 6 N–H and O–H groups in total. The molecule has 1 saturated heterocycles. The highest BCUT2D eigenvalue weighted by Gasteiger charge is 2.25. The number of aryl methyl sites for hydroxylation is 1. The SMILES string of the molecule is Cc1cc(N)c(N)nc1NC1CCN(c2ncnc3[nH]ccc23)C1. The molecule has 8 nitrogen and oxygen atoms in total. The molecule has 3 aromatic rings. The second-order valence-electron chi connectivity index (χ2n) is 6.14. The number of hydrogen-bond acceptors (Lipinski definition) is 7. The van der Waals surface area contributed by atoms with Crippen molar-refractivity contribution in [1.82, 2.24) is 19.9 Å². The van der Waals surface area contributed by atoms with Crippen LogP contribution in [0.5, 0.6) is 0 Å². The number of nitrogen functional groups attached to an aromatic ring is 2. The number of rotatable bonds is 3. The molecular formula is C16H20N8. The number of aromatic amines is 1. The van der Waals surface area contributed by atoms with Crippen molar-refractivity contribution in [3.63, 3.8) is 0 Å². The third-order valence-corrected chi connectivity index (χ3v) is 4.44.